The molecule has 0 saturated carbocycles. The minimum Gasteiger partial charge on any atom is -0.306 e. The van der Waals surface area contributed by atoms with Crippen LogP contribution in [0.15, 0.2) is 27.6 Å². The largest absolute Gasteiger partial charge is 0.306 e. The van der Waals surface area contributed by atoms with Crippen LogP contribution in [-0.2, 0) is 10.0 Å². The van der Waals surface area contributed by atoms with Gasteiger partial charge in [-0.2, -0.15) is 0 Å². The third-order valence-electron chi connectivity index (χ3n) is 4.08. The van der Waals surface area contributed by atoms with Gasteiger partial charge in [0.25, 0.3) is 0 Å². The van der Waals surface area contributed by atoms with Crippen LogP contribution < -0.4 is 4.72 Å². The van der Waals surface area contributed by atoms with Gasteiger partial charge in [-0.15, -0.1) is 0 Å². The minimum atomic E-state index is -3.50. The maximum Gasteiger partial charge on any atom is 0.240 e. The third kappa shape index (κ3) is 4.42. The summed E-state index contributed by atoms with van der Waals surface area (Å²) in [6.45, 7) is 4.61. The maximum atomic E-state index is 12.4. The Morgan fingerprint density at radius 2 is 2.00 bits per heavy atom. The van der Waals surface area contributed by atoms with Gasteiger partial charge in [-0.1, -0.05) is 18.5 Å². The van der Waals surface area contributed by atoms with Crippen LogP contribution in [0.2, 0.25) is 5.02 Å². The zero-order valence-corrected chi connectivity index (χ0v) is 15.4. The van der Waals surface area contributed by atoms with Gasteiger partial charge in [0.05, 0.1) is 9.92 Å². The molecule has 0 spiro atoms. The van der Waals surface area contributed by atoms with E-state index < -0.39 is 10.0 Å². The van der Waals surface area contributed by atoms with E-state index in [1.807, 2.05) is 0 Å². The second-order valence-electron chi connectivity index (χ2n) is 6.01. The fourth-order valence-electron chi connectivity index (χ4n) is 2.33. The summed E-state index contributed by atoms with van der Waals surface area (Å²) in [5.74, 6) is 0. The van der Waals surface area contributed by atoms with Gasteiger partial charge >= 0.3 is 0 Å². The van der Waals surface area contributed by atoms with Gasteiger partial charge in [0.2, 0.25) is 10.0 Å². The lowest BCUT2D eigenvalue weighted by Crippen LogP contribution is -2.43. The van der Waals surface area contributed by atoms with Crippen molar-refractivity contribution >= 4 is 37.6 Å². The van der Waals surface area contributed by atoms with E-state index in [0.29, 0.717) is 16.0 Å². The van der Waals surface area contributed by atoms with Crippen LogP contribution in [0.3, 0.4) is 0 Å². The summed E-state index contributed by atoms with van der Waals surface area (Å²) >= 11 is 9.15. The van der Waals surface area contributed by atoms with Gasteiger partial charge < -0.3 is 4.90 Å². The molecular formula is C14H20BrClN2O2S. The molecule has 0 atom stereocenters. The summed E-state index contributed by atoms with van der Waals surface area (Å²) in [4.78, 5) is 2.50. The number of nitrogens with one attached hydrogen (secondary N) is 1. The molecule has 0 radical (unpaired) electrons. The standard InChI is InChI=1S/C14H20BrClN2O2S/c1-14(5-7-18(2)8-6-14)10-17-21(19,20)11-3-4-13(16)12(15)9-11/h3-4,9,17H,5-8,10H2,1-2H3. The Balaban J connectivity index is 2.06. The lowest BCUT2D eigenvalue weighted by molar-refractivity contribution is 0.143. The highest BCUT2D eigenvalue weighted by Crippen LogP contribution is 2.30. The molecule has 1 aliphatic heterocycles. The topological polar surface area (TPSA) is 49.4 Å². The first-order valence-electron chi connectivity index (χ1n) is 6.85. The molecule has 4 nitrogen and oxygen atoms in total. The van der Waals surface area contributed by atoms with Crippen molar-refractivity contribution in [2.75, 3.05) is 26.7 Å². The van der Waals surface area contributed by atoms with E-state index in [1.54, 1.807) is 6.07 Å². The van der Waals surface area contributed by atoms with Gasteiger partial charge in [0.1, 0.15) is 0 Å². The van der Waals surface area contributed by atoms with Crippen LogP contribution in [0.4, 0.5) is 0 Å². The summed E-state index contributed by atoms with van der Waals surface area (Å²) in [6, 6.07) is 4.63. The molecule has 1 heterocycles. The highest BCUT2D eigenvalue weighted by molar-refractivity contribution is 9.10. The molecular weight excluding hydrogens is 376 g/mol. The Hall–Kier alpha value is -0.140. The van der Waals surface area contributed by atoms with Gasteiger partial charge in [0, 0.05) is 11.0 Å². The molecule has 0 bridgehead atoms. The van der Waals surface area contributed by atoms with Crippen LogP contribution in [0, 0.1) is 5.41 Å². The normalized spacial score (nSPS) is 19.6. The second-order valence-corrected chi connectivity index (χ2v) is 9.04. The fourth-order valence-corrected chi connectivity index (χ4v) is 4.20. The molecule has 0 amide bonds. The number of hydrogen-bond donors (Lipinski definition) is 1. The first-order valence-corrected chi connectivity index (χ1v) is 9.51. The van der Waals surface area contributed by atoms with Crippen molar-refractivity contribution in [3.63, 3.8) is 0 Å². The number of halogens is 2. The number of benzene rings is 1. The van der Waals surface area contributed by atoms with E-state index in [1.165, 1.54) is 12.1 Å². The third-order valence-corrected chi connectivity index (χ3v) is 6.70. The van der Waals surface area contributed by atoms with Crippen molar-refractivity contribution in [1.82, 2.24) is 9.62 Å². The molecule has 0 aromatic heterocycles. The molecule has 0 unspecified atom stereocenters. The summed E-state index contributed by atoms with van der Waals surface area (Å²) in [7, 11) is -1.41. The Labute approximate surface area is 140 Å². The summed E-state index contributed by atoms with van der Waals surface area (Å²) in [5, 5.41) is 0.497. The zero-order valence-electron chi connectivity index (χ0n) is 12.2. The van der Waals surface area contributed by atoms with Crippen molar-refractivity contribution in [3.8, 4) is 0 Å². The van der Waals surface area contributed by atoms with E-state index in [4.69, 9.17) is 11.6 Å². The molecule has 1 aromatic rings. The number of rotatable bonds is 4. The maximum absolute atomic E-state index is 12.4. The van der Waals surface area contributed by atoms with Crippen molar-refractivity contribution < 1.29 is 8.42 Å². The van der Waals surface area contributed by atoms with Crippen LogP contribution in [0.5, 0.6) is 0 Å². The summed E-state index contributed by atoms with van der Waals surface area (Å²) < 4.78 is 28.0. The van der Waals surface area contributed by atoms with E-state index in [-0.39, 0.29) is 10.3 Å². The monoisotopic (exact) mass is 394 g/mol. The average Bonchev–Trinajstić information content (AvgIpc) is 2.43. The van der Waals surface area contributed by atoms with Gasteiger partial charge in [-0.25, -0.2) is 13.1 Å². The van der Waals surface area contributed by atoms with Gasteiger partial charge in [0.15, 0.2) is 0 Å². The van der Waals surface area contributed by atoms with Crippen LogP contribution >= 0.6 is 27.5 Å². The molecule has 118 valence electrons. The average molecular weight is 396 g/mol. The first-order chi connectivity index (χ1) is 9.72. The van der Waals surface area contributed by atoms with Crippen LogP contribution in [0.25, 0.3) is 0 Å². The highest BCUT2D eigenvalue weighted by Gasteiger charge is 2.30. The summed E-state index contributed by atoms with van der Waals surface area (Å²) in [6.07, 6.45) is 1.99. The predicted octanol–water partition coefficient (Wildman–Crippen LogP) is 3.11. The van der Waals surface area contributed by atoms with E-state index >= 15 is 0 Å². The molecule has 1 saturated heterocycles. The minimum absolute atomic E-state index is 0.0171. The lowest BCUT2D eigenvalue weighted by atomic mass is 9.81. The van der Waals surface area contributed by atoms with Crippen LogP contribution in [-0.4, -0.2) is 40.0 Å². The van der Waals surface area contributed by atoms with E-state index in [2.05, 4.69) is 39.5 Å². The Morgan fingerprint density at radius 1 is 1.38 bits per heavy atom. The number of hydrogen-bond acceptors (Lipinski definition) is 3. The van der Waals surface area contributed by atoms with E-state index in [9.17, 15) is 8.42 Å². The number of likely N-dealkylation sites (tertiary alicyclic amines) is 1. The SMILES string of the molecule is CN1CCC(C)(CNS(=O)(=O)c2ccc(Cl)c(Br)c2)CC1. The number of piperidine rings is 1. The number of nitrogens with zero attached hydrogens (tertiary/aromatic N) is 1. The Kier molecular flexibility index (Phi) is 5.36. The van der Waals surface area contributed by atoms with Crippen LogP contribution in [0.1, 0.15) is 19.8 Å². The molecule has 21 heavy (non-hydrogen) atoms. The second kappa shape index (κ2) is 6.54. The van der Waals surface area contributed by atoms with Gasteiger partial charge in [-0.3, -0.25) is 0 Å². The predicted molar refractivity (Wildman–Crippen MR) is 89.2 cm³/mol. The molecule has 1 fully saturated rings. The molecule has 1 aliphatic rings. The van der Waals surface area contributed by atoms with E-state index in [0.717, 1.165) is 25.9 Å². The fraction of sp³-hybridized carbons (Fsp3) is 0.571. The molecule has 7 heteroatoms. The van der Waals surface area contributed by atoms with Crippen molar-refractivity contribution in [1.29, 1.82) is 0 Å². The highest BCUT2D eigenvalue weighted by atomic mass is 79.9. The van der Waals surface area contributed by atoms with Gasteiger partial charge in [-0.05, 0) is 72.5 Å². The Morgan fingerprint density at radius 3 is 2.57 bits per heavy atom. The lowest BCUT2D eigenvalue weighted by Gasteiger charge is -2.37. The number of sulfonamides is 1. The first kappa shape index (κ1) is 17.2. The van der Waals surface area contributed by atoms with Crippen molar-refractivity contribution in [2.24, 2.45) is 5.41 Å². The Bertz CT molecular complexity index is 613. The zero-order chi connectivity index (χ0) is 15.7. The summed E-state index contributed by atoms with van der Waals surface area (Å²) in [5.41, 5.74) is 0.0171. The smallest absolute Gasteiger partial charge is 0.240 e. The van der Waals surface area contributed by atoms with Crippen molar-refractivity contribution in [3.05, 3.63) is 27.7 Å². The quantitative estimate of drug-likeness (QED) is 0.852. The van der Waals surface area contributed by atoms with Crippen molar-refractivity contribution in [2.45, 2.75) is 24.7 Å². The molecule has 2 rings (SSSR count). The molecule has 1 N–H and O–H groups in total. The molecule has 1 aromatic carbocycles. The molecule has 0 aliphatic carbocycles.